The molecule has 1 aromatic carbocycles. The minimum atomic E-state index is -0.309. The second-order valence-electron chi connectivity index (χ2n) is 4.01. The molecule has 1 aliphatic rings. The van der Waals surface area contributed by atoms with Crippen LogP contribution in [0.4, 0.5) is 8.78 Å². The zero-order valence-corrected chi connectivity index (χ0v) is 10.5. The molecular formula is C12H14BrF2N. The van der Waals surface area contributed by atoms with E-state index in [0.29, 0.717) is 13.0 Å². The van der Waals surface area contributed by atoms with Crippen LogP contribution in [0.25, 0.3) is 0 Å². The highest BCUT2D eigenvalue weighted by Crippen LogP contribution is 2.37. The Hall–Kier alpha value is -0.480. The molecule has 1 aliphatic carbocycles. The smallest absolute Gasteiger partial charge is 0.126 e. The molecule has 1 nitrogen and oxygen atoms in total. The molecule has 88 valence electrons. The van der Waals surface area contributed by atoms with E-state index in [1.807, 2.05) is 0 Å². The van der Waals surface area contributed by atoms with E-state index < -0.39 is 0 Å². The maximum atomic E-state index is 13.5. The van der Waals surface area contributed by atoms with Gasteiger partial charge in [0, 0.05) is 10.5 Å². The summed E-state index contributed by atoms with van der Waals surface area (Å²) in [5.74, 6) is -0.131. The third kappa shape index (κ3) is 2.28. The molecular weight excluding hydrogens is 276 g/mol. The third-order valence-corrected chi connectivity index (χ3v) is 3.67. The Kier molecular flexibility index (Phi) is 3.92. The summed E-state index contributed by atoms with van der Waals surface area (Å²) in [6.45, 7) is 0.334. The monoisotopic (exact) mass is 289 g/mol. The van der Waals surface area contributed by atoms with Gasteiger partial charge in [-0.2, -0.15) is 0 Å². The molecule has 0 saturated carbocycles. The molecule has 16 heavy (non-hydrogen) atoms. The second kappa shape index (κ2) is 5.23. The minimum absolute atomic E-state index is 0.131. The Morgan fingerprint density at radius 2 is 2.25 bits per heavy atom. The molecule has 1 atom stereocenters. The molecule has 0 heterocycles. The number of rotatable bonds is 4. The topological polar surface area (TPSA) is 12.0 Å². The summed E-state index contributed by atoms with van der Waals surface area (Å²) in [5, 5.41) is 3.27. The highest BCUT2D eigenvalue weighted by atomic mass is 79.9. The Labute approximate surface area is 102 Å². The van der Waals surface area contributed by atoms with Crippen molar-refractivity contribution in [3.63, 3.8) is 0 Å². The normalized spacial score (nSPS) is 18.8. The fourth-order valence-corrected chi connectivity index (χ4v) is 2.87. The van der Waals surface area contributed by atoms with Gasteiger partial charge in [-0.3, -0.25) is 4.39 Å². The average molecular weight is 290 g/mol. The van der Waals surface area contributed by atoms with E-state index in [-0.39, 0.29) is 18.5 Å². The highest BCUT2D eigenvalue weighted by Gasteiger charge is 2.26. The van der Waals surface area contributed by atoms with Gasteiger partial charge in [-0.15, -0.1) is 0 Å². The van der Waals surface area contributed by atoms with Crippen molar-refractivity contribution in [2.75, 3.05) is 13.2 Å². The molecule has 0 spiro atoms. The zero-order chi connectivity index (χ0) is 11.5. The van der Waals surface area contributed by atoms with Crippen molar-refractivity contribution in [2.45, 2.75) is 25.3 Å². The van der Waals surface area contributed by atoms with E-state index in [4.69, 9.17) is 0 Å². The van der Waals surface area contributed by atoms with Crippen LogP contribution in [0.2, 0.25) is 0 Å². The molecule has 0 fully saturated rings. The highest BCUT2D eigenvalue weighted by molar-refractivity contribution is 9.10. The quantitative estimate of drug-likeness (QED) is 0.837. The van der Waals surface area contributed by atoms with Crippen molar-refractivity contribution in [1.82, 2.24) is 5.32 Å². The molecule has 0 aromatic heterocycles. The Bertz CT molecular complexity index is 382. The van der Waals surface area contributed by atoms with Crippen molar-refractivity contribution < 1.29 is 8.78 Å². The van der Waals surface area contributed by atoms with Gasteiger partial charge >= 0.3 is 0 Å². The number of halogens is 3. The largest absolute Gasteiger partial charge is 0.310 e. The van der Waals surface area contributed by atoms with Crippen LogP contribution < -0.4 is 5.32 Å². The summed E-state index contributed by atoms with van der Waals surface area (Å²) in [5.41, 5.74) is 1.81. The molecule has 0 amide bonds. The number of nitrogens with one attached hydrogen (secondary N) is 1. The number of fused-ring (bicyclic) bond motifs is 1. The lowest BCUT2D eigenvalue weighted by Crippen LogP contribution is -2.21. The van der Waals surface area contributed by atoms with Crippen LogP contribution in [0, 0.1) is 5.82 Å². The minimum Gasteiger partial charge on any atom is -0.310 e. The van der Waals surface area contributed by atoms with Gasteiger partial charge in [0.1, 0.15) is 5.82 Å². The van der Waals surface area contributed by atoms with Crippen LogP contribution in [-0.4, -0.2) is 13.2 Å². The summed E-state index contributed by atoms with van der Waals surface area (Å²) in [7, 11) is 0. The average Bonchev–Trinajstić information content (AvgIpc) is 2.69. The molecule has 1 aromatic rings. The molecule has 0 saturated heterocycles. The molecule has 0 radical (unpaired) electrons. The van der Waals surface area contributed by atoms with Gasteiger partial charge in [0.15, 0.2) is 0 Å². The summed E-state index contributed by atoms with van der Waals surface area (Å²) in [6, 6.07) is 3.39. The lowest BCUT2D eigenvalue weighted by Gasteiger charge is -2.15. The van der Waals surface area contributed by atoms with E-state index in [9.17, 15) is 8.78 Å². The lowest BCUT2D eigenvalue weighted by molar-refractivity contribution is 0.437. The predicted octanol–water partition coefficient (Wildman–Crippen LogP) is 3.52. The van der Waals surface area contributed by atoms with Gasteiger partial charge in [0.05, 0.1) is 6.67 Å². The van der Waals surface area contributed by atoms with E-state index in [2.05, 4.69) is 21.2 Å². The molecule has 0 aliphatic heterocycles. The standard InChI is InChI=1S/C12H14BrF2N/c13-9-3-4-10(15)8-2-5-11(12(8)9)16-7-1-6-14/h3-4,11,16H,1-2,5-7H2. The Morgan fingerprint density at radius 1 is 1.44 bits per heavy atom. The molecule has 2 rings (SSSR count). The zero-order valence-electron chi connectivity index (χ0n) is 8.90. The number of benzene rings is 1. The van der Waals surface area contributed by atoms with Crippen LogP contribution in [-0.2, 0) is 6.42 Å². The first-order valence-corrected chi connectivity index (χ1v) is 6.29. The first kappa shape index (κ1) is 12.0. The van der Waals surface area contributed by atoms with Crippen molar-refractivity contribution in [3.8, 4) is 0 Å². The third-order valence-electron chi connectivity index (χ3n) is 2.98. The van der Waals surface area contributed by atoms with Gasteiger partial charge in [0.2, 0.25) is 0 Å². The second-order valence-corrected chi connectivity index (χ2v) is 4.86. The summed E-state index contributed by atoms with van der Waals surface area (Å²) >= 11 is 3.45. The number of hydrogen-bond donors (Lipinski definition) is 1. The van der Waals surface area contributed by atoms with Crippen LogP contribution >= 0.6 is 15.9 Å². The molecule has 4 heteroatoms. The van der Waals surface area contributed by atoms with E-state index >= 15 is 0 Å². The van der Waals surface area contributed by atoms with Crippen LogP contribution in [0.1, 0.15) is 30.0 Å². The summed E-state index contributed by atoms with van der Waals surface area (Å²) < 4.78 is 26.5. The molecule has 1 unspecified atom stereocenters. The SMILES string of the molecule is FCCCNC1CCc2c(F)ccc(Br)c21. The maximum absolute atomic E-state index is 13.5. The fourth-order valence-electron chi connectivity index (χ4n) is 2.22. The fraction of sp³-hybridized carbons (Fsp3) is 0.500. The van der Waals surface area contributed by atoms with Crippen LogP contribution in [0.3, 0.4) is 0 Å². The van der Waals surface area contributed by atoms with Gasteiger partial charge < -0.3 is 5.32 Å². The Morgan fingerprint density at radius 3 is 3.00 bits per heavy atom. The molecule has 1 N–H and O–H groups in total. The van der Waals surface area contributed by atoms with Gasteiger partial charge in [-0.05, 0) is 49.1 Å². The van der Waals surface area contributed by atoms with E-state index in [1.165, 1.54) is 6.07 Å². The first-order chi connectivity index (χ1) is 7.74. The number of hydrogen-bond acceptors (Lipinski definition) is 1. The summed E-state index contributed by atoms with van der Waals surface area (Å²) in [6.07, 6.45) is 2.16. The molecule has 0 bridgehead atoms. The van der Waals surface area contributed by atoms with Crippen molar-refractivity contribution in [1.29, 1.82) is 0 Å². The van der Waals surface area contributed by atoms with Gasteiger partial charge in [-0.1, -0.05) is 15.9 Å². The van der Waals surface area contributed by atoms with Crippen molar-refractivity contribution >= 4 is 15.9 Å². The van der Waals surface area contributed by atoms with E-state index in [1.54, 1.807) is 6.07 Å². The lowest BCUT2D eigenvalue weighted by atomic mass is 10.1. The van der Waals surface area contributed by atoms with Crippen molar-refractivity contribution in [3.05, 3.63) is 33.5 Å². The predicted molar refractivity (Wildman–Crippen MR) is 63.8 cm³/mol. The van der Waals surface area contributed by atoms with Crippen LogP contribution in [0.15, 0.2) is 16.6 Å². The van der Waals surface area contributed by atoms with Gasteiger partial charge in [0.25, 0.3) is 0 Å². The first-order valence-electron chi connectivity index (χ1n) is 5.50. The van der Waals surface area contributed by atoms with E-state index in [0.717, 1.165) is 28.4 Å². The van der Waals surface area contributed by atoms with Crippen LogP contribution in [0.5, 0.6) is 0 Å². The maximum Gasteiger partial charge on any atom is 0.126 e. The number of alkyl halides is 1. The van der Waals surface area contributed by atoms with Crippen molar-refractivity contribution in [2.24, 2.45) is 0 Å². The van der Waals surface area contributed by atoms with Gasteiger partial charge in [-0.25, -0.2) is 4.39 Å². The summed E-state index contributed by atoms with van der Waals surface area (Å²) in [4.78, 5) is 0. The Balaban J connectivity index is 2.15.